The average molecular weight is 356 g/mol. The number of hydrogen-bond acceptors (Lipinski definition) is 0. The Labute approximate surface area is 149 Å². The molecule has 26 heavy (non-hydrogen) atoms. The molecule has 0 amide bonds. The minimum absolute atomic E-state index is 0.00848. The standard InChI is InChI=1S/C22H16F4/c1-2-3-4-14-5-7-15(8-6-14)16-9-10-18(19(23)11-16)17-12-20(24)22(26)21(25)13-17/h2,5-13H,1,3-4H2. The molecule has 3 rings (SSSR count). The first-order valence-electron chi connectivity index (χ1n) is 8.14. The molecule has 0 spiro atoms. The van der Waals surface area contributed by atoms with Gasteiger partial charge in [-0.15, -0.1) is 6.58 Å². The van der Waals surface area contributed by atoms with Crippen LogP contribution in [0.4, 0.5) is 17.6 Å². The highest BCUT2D eigenvalue weighted by atomic mass is 19.2. The smallest absolute Gasteiger partial charge is 0.194 e. The molecule has 0 atom stereocenters. The van der Waals surface area contributed by atoms with E-state index in [0.29, 0.717) is 5.56 Å². The maximum Gasteiger partial charge on any atom is 0.194 e. The van der Waals surface area contributed by atoms with Gasteiger partial charge in [-0.25, -0.2) is 17.6 Å². The second-order valence-electron chi connectivity index (χ2n) is 5.97. The van der Waals surface area contributed by atoms with Crippen LogP contribution in [-0.2, 0) is 6.42 Å². The monoisotopic (exact) mass is 356 g/mol. The van der Waals surface area contributed by atoms with Gasteiger partial charge in [0.25, 0.3) is 0 Å². The van der Waals surface area contributed by atoms with Crippen molar-refractivity contribution in [2.75, 3.05) is 0 Å². The second kappa shape index (κ2) is 7.56. The Bertz CT molecular complexity index is 920. The highest BCUT2D eigenvalue weighted by Gasteiger charge is 2.14. The fourth-order valence-electron chi connectivity index (χ4n) is 2.77. The molecule has 0 N–H and O–H groups in total. The van der Waals surface area contributed by atoms with Gasteiger partial charge in [-0.2, -0.15) is 0 Å². The van der Waals surface area contributed by atoms with Crippen molar-refractivity contribution in [1.29, 1.82) is 0 Å². The van der Waals surface area contributed by atoms with E-state index in [-0.39, 0.29) is 11.1 Å². The molecule has 0 radical (unpaired) electrons. The average Bonchev–Trinajstić information content (AvgIpc) is 2.64. The van der Waals surface area contributed by atoms with Gasteiger partial charge in [0.1, 0.15) is 5.82 Å². The third-order valence-corrected chi connectivity index (χ3v) is 4.19. The van der Waals surface area contributed by atoms with Crippen LogP contribution in [0.1, 0.15) is 12.0 Å². The van der Waals surface area contributed by atoms with Crippen molar-refractivity contribution >= 4 is 0 Å². The number of allylic oxidation sites excluding steroid dienone is 1. The summed E-state index contributed by atoms with van der Waals surface area (Å²) in [5, 5.41) is 0. The van der Waals surface area contributed by atoms with Crippen LogP contribution in [0.25, 0.3) is 22.3 Å². The van der Waals surface area contributed by atoms with E-state index in [1.807, 2.05) is 30.3 Å². The first kappa shape index (κ1) is 17.9. The highest BCUT2D eigenvalue weighted by Crippen LogP contribution is 2.30. The SMILES string of the molecule is C=CCCc1ccc(-c2ccc(-c3cc(F)c(F)c(F)c3)c(F)c2)cc1. The van der Waals surface area contributed by atoms with Gasteiger partial charge in [0, 0.05) is 5.56 Å². The molecule has 4 heteroatoms. The summed E-state index contributed by atoms with van der Waals surface area (Å²) in [5.74, 6) is -4.90. The molecular formula is C22H16F4. The van der Waals surface area contributed by atoms with E-state index in [1.165, 1.54) is 12.1 Å². The van der Waals surface area contributed by atoms with E-state index in [9.17, 15) is 17.6 Å². The van der Waals surface area contributed by atoms with Crippen molar-refractivity contribution in [3.05, 3.63) is 96.1 Å². The van der Waals surface area contributed by atoms with E-state index in [0.717, 1.165) is 36.1 Å². The number of hydrogen-bond donors (Lipinski definition) is 0. The Kier molecular flexibility index (Phi) is 5.21. The zero-order valence-corrected chi connectivity index (χ0v) is 13.9. The molecule has 0 aliphatic heterocycles. The van der Waals surface area contributed by atoms with Gasteiger partial charge in [0.15, 0.2) is 17.5 Å². The topological polar surface area (TPSA) is 0 Å². The highest BCUT2D eigenvalue weighted by molar-refractivity contribution is 5.71. The molecule has 3 aromatic carbocycles. The van der Waals surface area contributed by atoms with Crippen molar-refractivity contribution in [1.82, 2.24) is 0 Å². The molecule has 132 valence electrons. The Balaban J connectivity index is 1.91. The molecule has 3 aromatic rings. The third kappa shape index (κ3) is 3.69. The van der Waals surface area contributed by atoms with E-state index >= 15 is 0 Å². The predicted octanol–water partition coefficient (Wildman–Crippen LogP) is 6.70. The van der Waals surface area contributed by atoms with Crippen molar-refractivity contribution in [2.45, 2.75) is 12.8 Å². The number of benzene rings is 3. The molecule has 0 unspecified atom stereocenters. The van der Waals surface area contributed by atoms with E-state index in [1.54, 1.807) is 6.07 Å². The summed E-state index contributed by atoms with van der Waals surface area (Å²) in [6.45, 7) is 3.69. The van der Waals surface area contributed by atoms with Crippen molar-refractivity contribution < 1.29 is 17.6 Å². The van der Waals surface area contributed by atoms with Crippen LogP contribution in [0.5, 0.6) is 0 Å². The Morgan fingerprint density at radius 3 is 1.85 bits per heavy atom. The summed E-state index contributed by atoms with van der Waals surface area (Å²) >= 11 is 0. The lowest BCUT2D eigenvalue weighted by Gasteiger charge is -2.09. The van der Waals surface area contributed by atoms with E-state index < -0.39 is 23.3 Å². The molecule has 0 aliphatic carbocycles. The van der Waals surface area contributed by atoms with Crippen LogP contribution in [0.2, 0.25) is 0 Å². The third-order valence-electron chi connectivity index (χ3n) is 4.19. The van der Waals surface area contributed by atoms with Gasteiger partial charge < -0.3 is 0 Å². The Morgan fingerprint density at radius 2 is 1.27 bits per heavy atom. The van der Waals surface area contributed by atoms with Gasteiger partial charge >= 0.3 is 0 Å². The normalized spacial score (nSPS) is 10.8. The summed E-state index contributed by atoms with van der Waals surface area (Å²) in [5.41, 5.74) is 2.58. The first-order valence-corrected chi connectivity index (χ1v) is 8.14. The number of aryl methyl sites for hydroxylation is 1. The van der Waals surface area contributed by atoms with Gasteiger partial charge in [-0.05, 0) is 53.3 Å². The summed E-state index contributed by atoms with van der Waals surface area (Å²) in [7, 11) is 0. The molecule has 0 saturated heterocycles. The lowest BCUT2D eigenvalue weighted by atomic mass is 9.98. The van der Waals surface area contributed by atoms with Gasteiger partial charge in [-0.3, -0.25) is 0 Å². The quantitative estimate of drug-likeness (QED) is 0.271. The largest absolute Gasteiger partial charge is 0.206 e. The molecular weight excluding hydrogens is 340 g/mol. The van der Waals surface area contributed by atoms with Crippen molar-refractivity contribution in [2.24, 2.45) is 0 Å². The van der Waals surface area contributed by atoms with Crippen LogP contribution in [-0.4, -0.2) is 0 Å². The van der Waals surface area contributed by atoms with Crippen LogP contribution >= 0.6 is 0 Å². The van der Waals surface area contributed by atoms with E-state index in [2.05, 4.69) is 6.58 Å². The number of rotatable bonds is 5. The molecule has 0 nitrogen and oxygen atoms in total. The minimum atomic E-state index is -1.57. The summed E-state index contributed by atoms with van der Waals surface area (Å²) in [6, 6.07) is 13.7. The Hall–Kier alpha value is -2.88. The number of halogens is 4. The molecule has 0 heterocycles. The molecule has 0 bridgehead atoms. The summed E-state index contributed by atoms with van der Waals surface area (Å²) in [4.78, 5) is 0. The lowest BCUT2D eigenvalue weighted by molar-refractivity contribution is 0.447. The lowest BCUT2D eigenvalue weighted by Crippen LogP contribution is -1.94. The molecule has 0 fully saturated rings. The second-order valence-corrected chi connectivity index (χ2v) is 5.97. The summed E-state index contributed by atoms with van der Waals surface area (Å²) in [6.07, 6.45) is 3.62. The van der Waals surface area contributed by atoms with Gasteiger partial charge in [-0.1, -0.05) is 42.5 Å². The maximum absolute atomic E-state index is 14.5. The van der Waals surface area contributed by atoms with Crippen LogP contribution < -0.4 is 0 Å². The zero-order valence-electron chi connectivity index (χ0n) is 13.9. The minimum Gasteiger partial charge on any atom is -0.206 e. The summed E-state index contributed by atoms with van der Waals surface area (Å²) < 4.78 is 54.3. The maximum atomic E-state index is 14.5. The fourth-order valence-corrected chi connectivity index (χ4v) is 2.77. The molecule has 0 aliphatic rings. The fraction of sp³-hybridized carbons (Fsp3) is 0.0909. The predicted molar refractivity (Wildman–Crippen MR) is 95.7 cm³/mol. The van der Waals surface area contributed by atoms with Crippen molar-refractivity contribution in [3.63, 3.8) is 0 Å². The van der Waals surface area contributed by atoms with Gasteiger partial charge in [0.05, 0.1) is 0 Å². The van der Waals surface area contributed by atoms with Crippen LogP contribution in [0.3, 0.4) is 0 Å². The van der Waals surface area contributed by atoms with Crippen LogP contribution in [0, 0.1) is 23.3 Å². The molecule has 0 saturated carbocycles. The van der Waals surface area contributed by atoms with Crippen LogP contribution in [0.15, 0.2) is 67.3 Å². The first-order chi connectivity index (χ1) is 12.5. The molecule has 0 aromatic heterocycles. The zero-order chi connectivity index (χ0) is 18.7. The van der Waals surface area contributed by atoms with Crippen molar-refractivity contribution in [3.8, 4) is 22.3 Å². The Morgan fingerprint density at radius 1 is 0.692 bits per heavy atom. The van der Waals surface area contributed by atoms with Gasteiger partial charge in [0.2, 0.25) is 0 Å². The van der Waals surface area contributed by atoms with E-state index in [4.69, 9.17) is 0 Å².